The molecule has 0 atom stereocenters. The van der Waals surface area contributed by atoms with E-state index in [1.54, 1.807) is 11.3 Å². The Kier molecular flexibility index (Phi) is 3.02. The average Bonchev–Trinajstić information content (AvgIpc) is 2.31. The van der Waals surface area contributed by atoms with E-state index in [1.165, 1.54) is 0 Å². The van der Waals surface area contributed by atoms with Crippen LogP contribution in [0.1, 0.15) is 5.56 Å². The highest BCUT2D eigenvalue weighted by Gasteiger charge is 2.01. The first kappa shape index (κ1) is 8.67. The fraction of sp³-hybridized carbons (Fsp3) is 0.333. The van der Waals surface area contributed by atoms with Crippen molar-refractivity contribution in [2.75, 3.05) is 6.54 Å². The smallest absolute Gasteiger partial charge is 0.207 e. The second kappa shape index (κ2) is 3.82. The van der Waals surface area contributed by atoms with Crippen LogP contribution in [0.2, 0.25) is 0 Å². The molecule has 0 fully saturated rings. The van der Waals surface area contributed by atoms with Gasteiger partial charge in [0.1, 0.15) is 0 Å². The van der Waals surface area contributed by atoms with Gasteiger partial charge in [0.2, 0.25) is 6.54 Å². The number of halogens is 1. The Labute approximate surface area is 76.3 Å². The minimum absolute atomic E-state index is 0.0170. The van der Waals surface area contributed by atoms with Crippen LogP contribution in [0.5, 0.6) is 0 Å². The van der Waals surface area contributed by atoms with E-state index in [9.17, 15) is 10.1 Å². The molecule has 0 unspecified atom stereocenters. The summed E-state index contributed by atoms with van der Waals surface area (Å²) < 4.78 is 1.02. The van der Waals surface area contributed by atoms with Crippen molar-refractivity contribution >= 4 is 27.3 Å². The second-order valence-electron chi connectivity index (χ2n) is 2.07. The van der Waals surface area contributed by atoms with Gasteiger partial charge in [0.05, 0.1) is 3.79 Å². The Hall–Kier alpha value is -0.420. The van der Waals surface area contributed by atoms with E-state index in [-0.39, 0.29) is 11.5 Å². The predicted octanol–water partition coefficient (Wildman–Crippen LogP) is 2.33. The Morgan fingerprint density at radius 2 is 2.45 bits per heavy atom. The van der Waals surface area contributed by atoms with Crippen LogP contribution in [0, 0.1) is 10.1 Å². The SMILES string of the molecule is O=[N+]([O-])CCc1csc(Br)c1. The summed E-state index contributed by atoms with van der Waals surface area (Å²) in [4.78, 5) is 9.68. The zero-order valence-corrected chi connectivity index (χ0v) is 8.02. The molecule has 0 aliphatic rings. The van der Waals surface area contributed by atoms with E-state index in [2.05, 4.69) is 15.9 Å². The van der Waals surface area contributed by atoms with Crippen molar-refractivity contribution in [3.63, 3.8) is 0 Å². The summed E-state index contributed by atoms with van der Waals surface area (Å²) in [6.45, 7) is 0.0170. The van der Waals surface area contributed by atoms with E-state index in [1.807, 2.05) is 11.4 Å². The molecule has 60 valence electrons. The van der Waals surface area contributed by atoms with Gasteiger partial charge in [0.15, 0.2) is 0 Å². The van der Waals surface area contributed by atoms with Crippen molar-refractivity contribution in [2.24, 2.45) is 0 Å². The molecule has 0 saturated carbocycles. The topological polar surface area (TPSA) is 43.1 Å². The van der Waals surface area contributed by atoms with Crippen LogP contribution in [0.25, 0.3) is 0 Å². The Morgan fingerprint density at radius 1 is 1.73 bits per heavy atom. The van der Waals surface area contributed by atoms with Crippen LogP contribution < -0.4 is 0 Å². The molecule has 0 aromatic carbocycles. The molecule has 3 nitrogen and oxygen atoms in total. The average molecular weight is 236 g/mol. The van der Waals surface area contributed by atoms with E-state index in [0.717, 1.165) is 9.35 Å². The van der Waals surface area contributed by atoms with Crippen LogP contribution in [0.4, 0.5) is 0 Å². The summed E-state index contributed by atoms with van der Waals surface area (Å²) in [6, 6.07) is 1.91. The van der Waals surface area contributed by atoms with Crippen molar-refractivity contribution in [1.82, 2.24) is 0 Å². The van der Waals surface area contributed by atoms with Gasteiger partial charge in [0.25, 0.3) is 0 Å². The molecular weight excluding hydrogens is 230 g/mol. The molecule has 5 heteroatoms. The highest BCUT2D eigenvalue weighted by molar-refractivity contribution is 9.11. The van der Waals surface area contributed by atoms with E-state index < -0.39 is 0 Å². The molecule has 0 N–H and O–H groups in total. The summed E-state index contributed by atoms with van der Waals surface area (Å²) in [5.41, 5.74) is 1.03. The first-order chi connectivity index (χ1) is 5.18. The Balaban J connectivity index is 2.45. The number of thiophene rings is 1. The lowest BCUT2D eigenvalue weighted by Gasteiger charge is -1.88. The highest BCUT2D eigenvalue weighted by atomic mass is 79.9. The number of nitrogens with zero attached hydrogens (tertiary/aromatic N) is 1. The molecule has 0 aliphatic carbocycles. The van der Waals surface area contributed by atoms with Gasteiger partial charge in [-0.3, -0.25) is 10.1 Å². The summed E-state index contributed by atoms with van der Waals surface area (Å²) in [5.74, 6) is 0. The molecule has 0 spiro atoms. The van der Waals surface area contributed by atoms with Gasteiger partial charge >= 0.3 is 0 Å². The molecule has 1 aromatic rings. The van der Waals surface area contributed by atoms with Gasteiger partial charge < -0.3 is 0 Å². The van der Waals surface area contributed by atoms with Crippen LogP contribution in [-0.2, 0) is 6.42 Å². The monoisotopic (exact) mass is 235 g/mol. The van der Waals surface area contributed by atoms with Gasteiger partial charge in [-0.15, -0.1) is 11.3 Å². The molecule has 0 radical (unpaired) electrons. The predicted molar refractivity (Wildman–Crippen MR) is 47.6 cm³/mol. The number of hydrogen-bond acceptors (Lipinski definition) is 3. The van der Waals surface area contributed by atoms with Crippen molar-refractivity contribution in [2.45, 2.75) is 6.42 Å². The van der Waals surface area contributed by atoms with E-state index >= 15 is 0 Å². The third kappa shape index (κ3) is 2.98. The quantitative estimate of drug-likeness (QED) is 0.597. The molecule has 0 aliphatic heterocycles. The third-order valence-electron chi connectivity index (χ3n) is 1.20. The molecular formula is C6H6BrNO2S. The molecule has 0 bridgehead atoms. The van der Waals surface area contributed by atoms with Gasteiger partial charge in [0, 0.05) is 11.3 Å². The maximum Gasteiger partial charge on any atom is 0.207 e. The standard InChI is InChI=1S/C6H6BrNO2S/c7-6-3-5(4-11-6)1-2-8(9)10/h3-4H,1-2H2. The summed E-state index contributed by atoms with van der Waals surface area (Å²) in [5, 5.41) is 11.9. The van der Waals surface area contributed by atoms with Gasteiger partial charge in [-0.1, -0.05) is 0 Å². The molecule has 0 saturated heterocycles. The summed E-state index contributed by atoms with van der Waals surface area (Å²) in [6.07, 6.45) is 0.523. The minimum atomic E-state index is -0.300. The van der Waals surface area contributed by atoms with Gasteiger partial charge in [-0.05, 0) is 32.9 Å². The molecule has 11 heavy (non-hydrogen) atoms. The fourth-order valence-electron chi connectivity index (χ4n) is 0.697. The highest BCUT2D eigenvalue weighted by Crippen LogP contribution is 2.20. The van der Waals surface area contributed by atoms with Crippen LogP contribution in [-0.4, -0.2) is 11.5 Å². The lowest BCUT2D eigenvalue weighted by molar-refractivity contribution is -0.479. The van der Waals surface area contributed by atoms with Gasteiger partial charge in [-0.25, -0.2) is 0 Å². The van der Waals surface area contributed by atoms with Crippen LogP contribution in [0.15, 0.2) is 15.2 Å². The van der Waals surface area contributed by atoms with Crippen molar-refractivity contribution in [1.29, 1.82) is 0 Å². The first-order valence-corrected chi connectivity index (χ1v) is 4.70. The molecule has 1 heterocycles. The third-order valence-corrected chi connectivity index (χ3v) is 2.76. The molecule has 1 rings (SSSR count). The van der Waals surface area contributed by atoms with Crippen molar-refractivity contribution in [3.8, 4) is 0 Å². The Bertz CT molecular complexity index is 261. The Morgan fingerprint density at radius 3 is 2.91 bits per heavy atom. The van der Waals surface area contributed by atoms with Crippen LogP contribution >= 0.6 is 27.3 Å². The summed E-state index contributed by atoms with van der Waals surface area (Å²) in [7, 11) is 0. The largest absolute Gasteiger partial charge is 0.265 e. The fourth-order valence-corrected chi connectivity index (χ4v) is 1.94. The normalized spacial score (nSPS) is 9.91. The lowest BCUT2D eigenvalue weighted by atomic mass is 10.2. The van der Waals surface area contributed by atoms with E-state index in [0.29, 0.717) is 6.42 Å². The second-order valence-corrected chi connectivity index (χ2v) is 4.36. The summed E-state index contributed by atoms with van der Waals surface area (Å²) >= 11 is 4.84. The number of rotatable bonds is 3. The minimum Gasteiger partial charge on any atom is -0.265 e. The van der Waals surface area contributed by atoms with Gasteiger partial charge in [-0.2, -0.15) is 0 Å². The zero-order valence-electron chi connectivity index (χ0n) is 5.62. The zero-order chi connectivity index (χ0) is 8.27. The lowest BCUT2D eigenvalue weighted by Crippen LogP contribution is -2.02. The van der Waals surface area contributed by atoms with Crippen molar-refractivity contribution < 1.29 is 4.92 Å². The molecule has 0 amide bonds. The maximum absolute atomic E-state index is 9.98. The van der Waals surface area contributed by atoms with E-state index in [4.69, 9.17) is 0 Å². The number of hydrogen-bond donors (Lipinski definition) is 0. The van der Waals surface area contributed by atoms with Crippen LogP contribution in [0.3, 0.4) is 0 Å². The number of nitro groups is 1. The molecule has 1 aromatic heterocycles. The maximum atomic E-state index is 9.98. The first-order valence-electron chi connectivity index (χ1n) is 3.03. The van der Waals surface area contributed by atoms with Crippen molar-refractivity contribution in [3.05, 3.63) is 30.9 Å².